The molecule has 0 aliphatic heterocycles. The topological polar surface area (TPSA) is 0 Å². The summed E-state index contributed by atoms with van der Waals surface area (Å²) in [5.74, 6) is 16.9. The van der Waals surface area contributed by atoms with Crippen LogP contribution in [0.15, 0.2) is 24.1 Å². The summed E-state index contributed by atoms with van der Waals surface area (Å²) in [7, 11) is 0. The Morgan fingerprint density at radius 1 is 1.36 bits per heavy atom. The second kappa shape index (κ2) is 5.71. The molecule has 0 amide bonds. The fourth-order valence-electron chi connectivity index (χ4n) is 0.784. The molecule has 0 nitrogen and oxygen atoms in total. The van der Waals surface area contributed by atoms with Gasteiger partial charge in [0.25, 0.3) is 0 Å². The van der Waals surface area contributed by atoms with E-state index in [-0.39, 0.29) is 0 Å². The number of hydrogen-bond donors (Lipinski definition) is 0. The quantitative estimate of drug-likeness (QED) is 0.560. The van der Waals surface area contributed by atoms with Crippen LogP contribution < -0.4 is 0 Å². The Balaban J connectivity index is 2.98. The van der Waals surface area contributed by atoms with Crippen molar-refractivity contribution in [2.75, 3.05) is 0 Å². The molecule has 1 rings (SSSR count). The smallest absolute Gasteiger partial charge is 0.0935 e. The standard InChI is InChI=1S/C13H8S/c1-3-5-7-9-13-12(8-6-4-2)10-11-14-13/h4,10-11H,2H2,1H3. The maximum absolute atomic E-state index is 3.54. The Labute approximate surface area is 88.7 Å². The molecule has 0 atom stereocenters. The van der Waals surface area contributed by atoms with Crippen molar-refractivity contribution in [3.63, 3.8) is 0 Å². The molecular weight excluding hydrogens is 188 g/mol. The fraction of sp³-hybridized carbons (Fsp3) is 0.0769. The third-order valence-electron chi connectivity index (χ3n) is 1.34. The molecule has 0 N–H and O–H groups in total. The summed E-state index contributed by atoms with van der Waals surface area (Å²) < 4.78 is 0. The van der Waals surface area contributed by atoms with Gasteiger partial charge in [-0.05, 0) is 42.2 Å². The van der Waals surface area contributed by atoms with Crippen LogP contribution in [0.4, 0.5) is 0 Å². The normalized spacial score (nSPS) is 6.93. The lowest BCUT2D eigenvalue weighted by Gasteiger charge is -1.81. The lowest BCUT2D eigenvalue weighted by Crippen LogP contribution is -1.72. The molecule has 0 saturated carbocycles. The van der Waals surface area contributed by atoms with E-state index in [1.165, 1.54) is 0 Å². The summed E-state index contributed by atoms with van der Waals surface area (Å²) in [5, 5.41) is 1.97. The molecule has 1 heteroatoms. The maximum Gasteiger partial charge on any atom is 0.0935 e. The van der Waals surface area contributed by atoms with E-state index in [2.05, 4.69) is 42.1 Å². The minimum absolute atomic E-state index is 0.945. The molecule has 14 heavy (non-hydrogen) atoms. The average molecular weight is 196 g/mol. The van der Waals surface area contributed by atoms with Crippen molar-refractivity contribution in [1.29, 1.82) is 0 Å². The van der Waals surface area contributed by atoms with Gasteiger partial charge in [0, 0.05) is 0 Å². The molecule has 0 aliphatic carbocycles. The fourth-order valence-corrected chi connectivity index (χ4v) is 1.48. The molecule has 1 heterocycles. The minimum Gasteiger partial charge on any atom is -0.134 e. The van der Waals surface area contributed by atoms with E-state index in [0.717, 1.165) is 10.4 Å². The molecule has 0 fully saturated rings. The molecule has 1 aromatic rings. The first kappa shape index (κ1) is 10.2. The van der Waals surface area contributed by atoms with Crippen molar-refractivity contribution in [2.45, 2.75) is 6.92 Å². The Morgan fingerprint density at radius 2 is 2.21 bits per heavy atom. The van der Waals surface area contributed by atoms with Crippen molar-refractivity contribution in [3.05, 3.63) is 34.5 Å². The molecule has 0 bridgehead atoms. The predicted molar refractivity (Wildman–Crippen MR) is 61.7 cm³/mol. The number of allylic oxidation sites excluding steroid dienone is 1. The molecule has 0 saturated heterocycles. The van der Waals surface area contributed by atoms with Crippen LogP contribution in [0.3, 0.4) is 0 Å². The van der Waals surface area contributed by atoms with Gasteiger partial charge in [-0.1, -0.05) is 24.3 Å². The first-order chi connectivity index (χ1) is 6.88. The van der Waals surface area contributed by atoms with Gasteiger partial charge in [-0.15, -0.1) is 11.3 Å². The summed E-state index contributed by atoms with van der Waals surface area (Å²) in [4.78, 5) is 0.960. The first-order valence-electron chi connectivity index (χ1n) is 4.01. The largest absolute Gasteiger partial charge is 0.134 e. The van der Waals surface area contributed by atoms with Crippen LogP contribution >= 0.6 is 11.3 Å². The van der Waals surface area contributed by atoms with E-state index in [4.69, 9.17) is 0 Å². The monoisotopic (exact) mass is 196 g/mol. The zero-order valence-electron chi connectivity index (χ0n) is 7.85. The molecule has 0 unspecified atom stereocenters. The van der Waals surface area contributed by atoms with Gasteiger partial charge in [0.05, 0.1) is 10.4 Å². The summed E-state index contributed by atoms with van der Waals surface area (Å²) in [6, 6.07) is 1.95. The second-order valence-electron chi connectivity index (χ2n) is 2.26. The zero-order valence-corrected chi connectivity index (χ0v) is 8.66. The van der Waals surface area contributed by atoms with Crippen LogP contribution in [0.5, 0.6) is 0 Å². The molecule has 1 aromatic heterocycles. The van der Waals surface area contributed by atoms with Crippen LogP contribution in [0, 0.1) is 35.5 Å². The van der Waals surface area contributed by atoms with Crippen molar-refractivity contribution in [1.82, 2.24) is 0 Å². The SMILES string of the molecule is C=CC#Cc1ccsc1C#CC#CC. The van der Waals surface area contributed by atoms with E-state index in [9.17, 15) is 0 Å². The lowest BCUT2D eigenvalue weighted by molar-refractivity contribution is 1.80. The zero-order chi connectivity index (χ0) is 10.2. The van der Waals surface area contributed by atoms with E-state index in [1.54, 1.807) is 24.3 Å². The Bertz CT molecular complexity index is 498. The van der Waals surface area contributed by atoms with Gasteiger partial charge in [-0.2, -0.15) is 0 Å². The van der Waals surface area contributed by atoms with E-state index in [0.29, 0.717) is 0 Å². The van der Waals surface area contributed by atoms with Gasteiger partial charge >= 0.3 is 0 Å². The van der Waals surface area contributed by atoms with E-state index >= 15 is 0 Å². The Kier molecular flexibility index (Phi) is 4.16. The van der Waals surface area contributed by atoms with Gasteiger partial charge < -0.3 is 0 Å². The van der Waals surface area contributed by atoms with Gasteiger partial charge in [-0.3, -0.25) is 0 Å². The van der Waals surface area contributed by atoms with Crippen LogP contribution in [-0.2, 0) is 0 Å². The van der Waals surface area contributed by atoms with Crippen molar-refractivity contribution >= 4 is 11.3 Å². The van der Waals surface area contributed by atoms with Crippen LogP contribution in [0.1, 0.15) is 17.4 Å². The van der Waals surface area contributed by atoms with Gasteiger partial charge in [0.15, 0.2) is 0 Å². The van der Waals surface area contributed by atoms with Gasteiger partial charge in [0.1, 0.15) is 0 Å². The molecule has 66 valence electrons. The summed E-state index contributed by atoms with van der Waals surface area (Å²) in [6.45, 7) is 5.30. The Morgan fingerprint density at radius 3 is 2.93 bits per heavy atom. The average Bonchev–Trinajstić information content (AvgIpc) is 2.63. The summed E-state index contributed by atoms with van der Waals surface area (Å²) >= 11 is 1.57. The minimum atomic E-state index is 0.945. The van der Waals surface area contributed by atoms with E-state index in [1.807, 2.05) is 11.4 Å². The number of hydrogen-bond acceptors (Lipinski definition) is 1. The van der Waals surface area contributed by atoms with Crippen molar-refractivity contribution in [2.24, 2.45) is 0 Å². The summed E-state index contributed by atoms with van der Waals surface area (Å²) in [6.07, 6.45) is 1.57. The van der Waals surface area contributed by atoms with E-state index < -0.39 is 0 Å². The highest BCUT2D eigenvalue weighted by atomic mass is 32.1. The van der Waals surface area contributed by atoms with Gasteiger partial charge in [-0.25, -0.2) is 0 Å². The highest BCUT2D eigenvalue weighted by Crippen LogP contribution is 2.13. The molecule has 0 spiro atoms. The van der Waals surface area contributed by atoms with Crippen molar-refractivity contribution < 1.29 is 0 Å². The third kappa shape index (κ3) is 2.87. The highest BCUT2D eigenvalue weighted by Gasteiger charge is 1.95. The number of rotatable bonds is 0. The molecule has 0 aliphatic rings. The predicted octanol–water partition coefficient (Wildman–Crippen LogP) is 2.66. The summed E-state index contributed by atoms with van der Waals surface area (Å²) in [5.41, 5.74) is 0.945. The third-order valence-corrected chi connectivity index (χ3v) is 2.17. The van der Waals surface area contributed by atoms with Gasteiger partial charge in [0.2, 0.25) is 0 Å². The second-order valence-corrected chi connectivity index (χ2v) is 3.18. The van der Waals surface area contributed by atoms with Crippen LogP contribution in [0.2, 0.25) is 0 Å². The maximum atomic E-state index is 3.54. The first-order valence-corrected chi connectivity index (χ1v) is 4.89. The number of thiophene rings is 1. The molecule has 0 radical (unpaired) electrons. The van der Waals surface area contributed by atoms with Crippen LogP contribution in [-0.4, -0.2) is 0 Å². The van der Waals surface area contributed by atoms with Crippen molar-refractivity contribution in [3.8, 4) is 35.5 Å². The molecule has 0 aromatic carbocycles. The molecular formula is C13H8S. The highest BCUT2D eigenvalue weighted by molar-refractivity contribution is 7.10. The lowest BCUT2D eigenvalue weighted by atomic mass is 10.2. The Hall–Kier alpha value is -1.88. The van der Waals surface area contributed by atoms with Crippen LogP contribution in [0.25, 0.3) is 0 Å².